The van der Waals surface area contributed by atoms with Crippen LogP contribution in [0.25, 0.3) is 17.3 Å². The molecule has 24 nitrogen and oxygen atoms in total. The zero-order valence-corrected chi connectivity index (χ0v) is 41.6. The number of rotatable bonds is 20. The number of aromatic nitrogens is 3. The first-order valence-electron chi connectivity index (χ1n) is 25.1. The summed E-state index contributed by atoms with van der Waals surface area (Å²) in [4.78, 5) is 25.3. The van der Waals surface area contributed by atoms with E-state index in [-0.39, 0.29) is 32.5 Å². The number of aliphatic hydroxyl groups is 8. The number of nitrogens with one attached hydrogen (secondary N) is 1. The molecule has 1 aliphatic carbocycles. The van der Waals surface area contributed by atoms with E-state index in [1.54, 1.807) is 19.2 Å². The van der Waals surface area contributed by atoms with E-state index < -0.39 is 147 Å². The Morgan fingerprint density at radius 2 is 1.51 bits per heavy atom. The van der Waals surface area contributed by atoms with E-state index in [1.807, 2.05) is 54.6 Å². The van der Waals surface area contributed by atoms with Gasteiger partial charge in [0.25, 0.3) is 0 Å². The second-order valence-electron chi connectivity index (χ2n) is 19.5. The Labute approximate surface area is 431 Å². The summed E-state index contributed by atoms with van der Waals surface area (Å²) in [6.07, 6.45) is -21.1. The first kappa shape index (κ1) is 56.4. The van der Waals surface area contributed by atoms with Gasteiger partial charge in [-0.1, -0.05) is 73.7 Å². The molecule has 0 radical (unpaired) electrons. The molecule has 4 fully saturated rings. The number of amides is 1. The largest absolute Gasteiger partial charge is 0.479 e. The lowest BCUT2D eigenvalue weighted by Crippen LogP contribution is -2.67. The van der Waals surface area contributed by atoms with Gasteiger partial charge >= 0.3 is 5.97 Å². The maximum atomic E-state index is 12.9. The Kier molecular flexibility index (Phi) is 18.9. The van der Waals surface area contributed by atoms with Gasteiger partial charge in [0.2, 0.25) is 5.91 Å². The maximum Gasteiger partial charge on any atom is 0.332 e. The summed E-state index contributed by atoms with van der Waals surface area (Å²) < 4.78 is 57.4. The standard InChI is InChI=1S/C51H68N4O20/c1-5-11-34(48(65)66)71-46-38(52-26(4)58)49(73-36(20-56)40(46)60)72-35-17-27(22-68-50-44(64)47(41(61)37(21-57)74-50)67-23-30-18-29-14-9-10-15-33(29)69-24(30)2)16-32(55-19-31(53-54-55)28-12-7-6-8-13-28)45(35)75-51-43(63)42(62)39(59)25(3)70-51/h6-10,12-15,18-19,25,27,32,34-47,49-51,56-57,59-64H,2,5,11,16-17,20-23H2,1,3-4H3,(H,52,58)(H,65,66)/t25?,27?,32?,34-,35+,36-,37?,38?,39+,40-,41+,42-,43?,44?,45+,46?,47?,49+,50-,51-/m0/s1. The highest BCUT2D eigenvalue weighted by Crippen LogP contribution is 2.42. The van der Waals surface area contributed by atoms with Crippen LogP contribution in [-0.4, -0.2) is 210 Å². The van der Waals surface area contributed by atoms with Gasteiger partial charge in [0.15, 0.2) is 25.0 Å². The molecular formula is C51H68N4O20. The van der Waals surface area contributed by atoms with Crippen LogP contribution in [0.3, 0.4) is 0 Å². The molecule has 0 bridgehead atoms. The monoisotopic (exact) mass is 1060 g/mol. The maximum absolute atomic E-state index is 12.9. The van der Waals surface area contributed by atoms with Crippen LogP contribution in [0.5, 0.6) is 5.75 Å². The van der Waals surface area contributed by atoms with Crippen molar-refractivity contribution in [3.8, 4) is 17.0 Å². The van der Waals surface area contributed by atoms with E-state index in [4.69, 9.17) is 42.6 Å². The average Bonchev–Trinajstić information content (AvgIpc) is 3.90. The molecule has 9 unspecified atom stereocenters. The predicted octanol–water partition coefficient (Wildman–Crippen LogP) is -0.454. The summed E-state index contributed by atoms with van der Waals surface area (Å²) in [5.74, 6) is -1.71. The van der Waals surface area contributed by atoms with Crippen LogP contribution in [0.2, 0.25) is 0 Å². The van der Waals surface area contributed by atoms with Gasteiger partial charge in [0, 0.05) is 23.6 Å². The average molecular weight is 1060 g/mol. The highest BCUT2D eigenvalue weighted by molar-refractivity contribution is 5.74. The van der Waals surface area contributed by atoms with Crippen molar-refractivity contribution >= 4 is 18.0 Å². The Morgan fingerprint density at radius 1 is 0.813 bits per heavy atom. The third kappa shape index (κ3) is 12.8. The van der Waals surface area contributed by atoms with E-state index in [0.29, 0.717) is 34.8 Å². The van der Waals surface area contributed by atoms with Crippen LogP contribution in [0.15, 0.2) is 78.7 Å². The fourth-order valence-electron chi connectivity index (χ4n) is 10.1. The number of ether oxygens (including phenoxy) is 9. The lowest BCUT2D eigenvalue weighted by atomic mass is 9.81. The van der Waals surface area contributed by atoms with Gasteiger partial charge in [-0.15, -0.1) is 5.10 Å². The van der Waals surface area contributed by atoms with E-state index in [0.717, 1.165) is 5.56 Å². The van der Waals surface area contributed by atoms with Crippen LogP contribution >= 0.6 is 0 Å². The minimum absolute atomic E-state index is 0.0249. The number of aliphatic hydroxyl groups excluding tert-OH is 8. The van der Waals surface area contributed by atoms with Crippen molar-refractivity contribution < 1.29 is 98.2 Å². The predicted molar refractivity (Wildman–Crippen MR) is 258 cm³/mol. The minimum atomic E-state index is -1.80. The summed E-state index contributed by atoms with van der Waals surface area (Å²) in [6.45, 7) is 6.54. The lowest BCUT2D eigenvalue weighted by Gasteiger charge is -2.49. The highest BCUT2D eigenvalue weighted by atomic mass is 16.7. The number of nitrogens with zero attached hydrogens (tertiary/aromatic N) is 3. The smallest absolute Gasteiger partial charge is 0.332 e. The lowest BCUT2D eigenvalue weighted by molar-refractivity contribution is -0.340. The van der Waals surface area contributed by atoms with Crippen molar-refractivity contribution in [3.63, 3.8) is 0 Å². The van der Waals surface area contributed by atoms with Crippen LogP contribution in [0.4, 0.5) is 0 Å². The molecule has 4 aliphatic heterocycles. The zero-order chi connectivity index (χ0) is 53.7. The summed E-state index contributed by atoms with van der Waals surface area (Å²) in [6, 6.07) is 14.1. The summed E-state index contributed by atoms with van der Waals surface area (Å²) >= 11 is 0. The van der Waals surface area contributed by atoms with Gasteiger partial charge in [0.1, 0.15) is 90.4 Å². The highest BCUT2D eigenvalue weighted by Gasteiger charge is 2.54. The Balaban J connectivity index is 1.13. The van der Waals surface area contributed by atoms with Crippen LogP contribution in [-0.2, 0) is 47.5 Å². The Hall–Kier alpha value is -4.84. The molecular weight excluding hydrogens is 989 g/mol. The van der Waals surface area contributed by atoms with E-state index >= 15 is 0 Å². The first-order valence-corrected chi connectivity index (χ1v) is 25.1. The van der Waals surface area contributed by atoms with Crippen molar-refractivity contribution in [2.45, 2.75) is 163 Å². The van der Waals surface area contributed by atoms with Crippen LogP contribution < -0.4 is 10.1 Å². The molecule has 412 valence electrons. The number of aliphatic carboxylic acids is 1. The van der Waals surface area contributed by atoms with Crippen LogP contribution in [0, 0.1) is 5.92 Å². The van der Waals surface area contributed by atoms with Crippen molar-refractivity contribution in [1.29, 1.82) is 0 Å². The molecule has 20 atom stereocenters. The fourth-order valence-corrected chi connectivity index (χ4v) is 10.1. The molecule has 3 aromatic rings. The second kappa shape index (κ2) is 25.1. The van der Waals surface area contributed by atoms with Crippen molar-refractivity contribution in [3.05, 3.63) is 84.3 Å². The summed E-state index contributed by atoms with van der Waals surface area (Å²) in [5, 5.41) is 110. The molecule has 10 N–H and O–H groups in total. The molecule has 5 aliphatic rings. The number of hydrogen-bond acceptors (Lipinski definition) is 21. The van der Waals surface area contributed by atoms with Gasteiger partial charge in [-0.05, 0) is 44.2 Å². The van der Waals surface area contributed by atoms with Crippen LogP contribution in [0.1, 0.15) is 58.1 Å². The van der Waals surface area contributed by atoms with Crippen molar-refractivity contribution in [2.75, 3.05) is 26.4 Å². The van der Waals surface area contributed by atoms with Gasteiger partial charge in [-0.3, -0.25) is 4.79 Å². The summed E-state index contributed by atoms with van der Waals surface area (Å²) in [7, 11) is 0. The first-order chi connectivity index (χ1) is 36.0. The SMILES string of the molecule is C=C1Oc2ccccc2C=C1COC1C(O)[C@@H](OCC2CC(n3cc(-c4ccccc4)nn3)[C@@H](O[C@@H]3OC(C)[C@@H](O)[C@H](O)C3O)[C@H](O[C@@H]3O[C@@H](CO)[C@H](O)C(O[C@@H](CCC)C(=O)O)C3NC(C)=O)C2)OC(CO)[C@H]1O. The third-order valence-corrected chi connectivity index (χ3v) is 14.2. The molecule has 2 aromatic carbocycles. The fraction of sp³-hybridized carbons (Fsp3) is 0.608. The molecule has 1 amide bonds. The number of para-hydroxylation sites is 1. The van der Waals surface area contributed by atoms with Gasteiger partial charge < -0.3 is 93.9 Å². The quantitative estimate of drug-likeness (QED) is 0.0685. The van der Waals surface area contributed by atoms with Gasteiger partial charge in [-0.25, -0.2) is 9.48 Å². The topological polar surface area (TPSA) is 342 Å². The zero-order valence-electron chi connectivity index (χ0n) is 41.6. The van der Waals surface area contributed by atoms with Crippen molar-refractivity contribution in [2.24, 2.45) is 5.92 Å². The number of carbonyl (C=O) groups excluding carboxylic acids is 1. The number of benzene rings is 2. The van der Waals surface area contributed by atoms with Crippen molar-refractivity contribution in [1.82, 2.24) is 20.3 Å². The second-order valence-corrected chi connectivity index (χ2v) is 19.5. The van der Waals surface area contributed by atoms with Gasteiger partial charge in [-0.2, -0.15) is 0 Å². The third-order valence-electron chi connectivity index (χ3n) is 14.2. The Bertz CT molecular complexity index is 2410. The molecule has 8 rings (SSSR count). The molecule has 24 heteroatoms. The van der Waals surface area contributed by atoms with E-state index in [1.165, 1.54) is 18.5 Å². The Morgan fingerprint density at radius 3 is 2.20 bits per heavy atom. The minimum Gasteiger partial charge on any atom is -0.479 e. The molecule has 0 spiro atoms. The number of carboxylic acid groups (broad SMARTS) is 1. The van der Waals surface area contributed by atoms with E-state index in [9.17, 15) is 55.5 Å². The molecule has 1 aromatic heterocycles. The van der Waals surface area contributed by atoms with Gasteiger partial charge in [0.05, 0.1) is 50.9 Å². The molecule has 3 saturated heterocycles. The van der Waals surface area contributed by atoms with E-state index in [2.05, 4.69) is 22.2 Å². The molecule has 5 heterocycles. The number of fused-ring (bicyclic) bond motifs is 1. The summed E-state index contributed by atoms with van der Waals surface area (Å²) in [5.41, 5.74) is 2.46. The molecule has 75 heavy (non-hydrogen) atoms. The molecule has 1 saturated carbocycles. The number of hydrogen-bond donors (Lipinski definition) is 10. The number of carboxylic acids is 1. The number of carbonyl (C=O) groups is 2. The normalized spacial score (nSPS) is 36.4.